The van der Waals surface area contributed by atoms with E-state index in [4.69, 9.17) is 4.74 Å². The van der Waals surface area contributed by atoms with Crippen LogP contribution >= 0.6 is 0 Å². The van der Waals surface area contributed by atoms with Crippen molar-refractivity contribution in [1.82, 2.24) is 0 Å². The second kappa shape index (κ2) is 3.26. The van der Waals surface area contributed by atoms with Crippen molar-refractivity contribution in [1.29, 1.82) is 0 Å². The van der Waals surface area contributed by atoms with E-state index in [1.54, 1.807) is 0 Å². The van der Waals surface area contributed by atoms with Crippen LogP contribution in [0.25, 0.3) is 0 Å². The summed E-state index contributed by atoms with van der Waals surface area (Å²) >= 11 is 0. The number of carbonyl (C=O) groups is 2. The number of fused-ring (bicyclic) bond motifs is 5. The summed E-state index contributed by atoms with van der Waals surface area (Å²) in [5, 5.41) is 0. The van der Waals surface area contributed by atoms with Crippen LogP contribution in [-0.2, 0) is 33.8 Å². The minimum atomic E-state index is -0.696. The molecule has 4 heteroatoms. The molecule has 2 saturated carbocycles. The summed E-state index contributed by atoms with van der Waals surface area (Å²) in [6.45, 7) is 10.2. The average molecular weight is 336 g/mol. The second-order valence-corrected chi connectivity index (χ2v) is 6.89. The Kier molecular flexibility index (Phi) is 2.57. The predicted octanol–water partition coefficient (Wildman–Crippen LogP) is 2.35. The minimum Gasteiger partial charge on any atom is -0.392 e. The van der Waals surface area contributed by atoms with Crippen LogP contribution in [0.5, 0.6) is 0 Å². The molecule has 0 N–H and O–H groups in total. The molecule has 1 saturated heterocycles. The van der Waals surface area contributed by atoms with Crippen LogP contribution in [0.3, 0.4) is 0 Å². The molecule has 3 aliphatic rings. The van der Waals surface area contributed by atoms with Crippen molar-refractivity contribution in [2.24, 2.45) is 27.6 Å². The summed E-state index contributed by atoms with van der Waals surface area (Å²) in [6, 6.07) is 0. The fourth-order valence-electron chi connectivity index (χ4n) is 5.00. The van der Waals surface area contributed by atoms with Gasteiger partial charge in [0.05, 0.1) is 10.8 Å². The maximum Gasteiger partial charge on any atom is 1.00 e. The molecule has 5 atom stereocenters. The fourth-order valence-corrected chi connectivity index (χ4v) is 5.00. The zero-order valence-corrected chi connectivity index (χ0v) is 13.2. The Morgan fingerprint density at radius 1 is 1.11 bits per heavy atom. The van der Waals surface area contributed by atoms with Gasteiger partial charge in [-0.2, -0.15) is 5.92 Å². The van der Waals surface area contributed by atoms with Crippen LogP contribution in [0.15, 0.2) is 0 Å². The Morgan fingerprint density at radius 3 is 2.17 bits per heavy atom. The van der Waals surface area contributed by atoms with Crippen LogP contribution in [0.1, 0.15) is 41.0 Å². The number of esters is 2. The average Bonchev–Trinajstić information content (AvgIpc) is 2.61. The molecule has 0 aromatic heterocycles. The van der Waals surface area contributed by atoms with Crippen molar-refractivity contribution in [3.63, 3.8) is 0 Å². The van der Waals surface area contributed by atoms with Crippen LogP contribution in [0, 0.1) is 34.0 Å². The first kappa shape index (κ1) is 14.2. The van der Waals surface area contributed by atoms with E-state index >= 15 is 0 Å². The third kappa shape index (κ3) is 0.962. The van der Waals surface area contributed by atoms with Crippen LogP contribution in [0.2, 0.25) is 0 Å². The monoisotopic (exact) mass is 337 g/mol. The number of cyclic esters (lactones) is 2. The van der Waals surface area contributed by atoms with E-state index in [0.29, 0.717) is 5.92 Å². The summed E-state index contributed by atoms with van der Waals surface area (Å²) in [5.41, 5.74) is -1.77. The van der Waals surface area contributed by atoms with E-state index in [9.17, 15) is 9.59 Å². The van der Waals surface area contributed by atoms with Gasteiger partial charge >= 0.3 is 31.4 Å². The molecule has 1 heterocycles. The van der Waals surface area contributed by atoms with Gasteiger partial charge in [-0.15, -0.1) is 5.41 Å². The maximum absolute atomic E-state index is 12.2. The van der Waals surface area contributed by atoms with Crippen molar-refractivity contribution in [2.45, 2.75) is 41.0 Å². The Labute approximate surface area is 121 Å². The van der Waals surface area contributed by atoms with Gasteiger partial charge in [0.1, 0.15) is 0 Å². The minimum absolute atomic E-state index is 0. The standard InChI is InChI=1S/C14H19O3.Ru/c1-8-6-11(2)7-12(8,3)14(5)10(16)17-9(15)13(11,14)4;/h6,8H,7H2,1-5H3;/q-1;+1. The van der Waals surface area contributed by atoms with Crippen molar-refractivity contribution in [3.05, 3.63) is 6.42 Å². The zero-order valence-electron chi connectivity index (χ0n) is 11.4. The molecule has 3 rings (SSSR count). The normalized spacial score (nSPS) is 57.3. The summed E-state index contributed by atoms with van der Waals surface area (Å²) < 4.78 is 5.00. The smallest absolute Gasteiger partial charge is 0.392 e. The molecule has 1 radical (unpaired) electrons. The Balaban J connectivity index is 0.00000120. The van der Waals surface area contributed by atoms with Gasteiger partial charge in [-0.1, -0.05) is 27.2 Å². The van der Waals surface area contributed by atoms with Crippen molar-refractivity contribution in [2.75, 3.05) is 0 Å². The van der Waals surface area contributed by atoms with Crippen molar-refractivity contribution >= 4 is 11.9 Å². The quantitative estimate of drug-likeness (QED) is 0.295. The Hall–Kier alpha value is -0.237. The molecule has 2 aliphatic carbocycles. The molecule has 18 heavy (non-hydrogen) atoms. The third-order valence-corrected chi connectivity index (χ3v) is 6.64. The van der Waals surface area contributed by atoms with E-state index < -0.39 is 10.8 Å². The molecule has 5 unspecified atom stereocenters. The third-order valence-electron chi connectivity index (χ3n) is 6.64. The summed E-state index contributed by atoms with van der Waals surface area (Å²) in [6.07, 6.45) is 3.16. The molecule has 101 valence electrons. The topological polar surface area (TPSA) is 43.4 Å². The molecule has 3 nitrogen and oxygen atoms in total. The van der Waals surface area contributed by atoms with Crippen LogP contribution < -0.4 is 0 Å². The second-order valence-electron chi connectivity index (χ2n) is 6.89. The Morgan fingerprint density at radius 2 is 1.61 bits per heavy atom. The molecule has 2 bridgehead atoms. The molecule has 0 aromatic rings. The van der Waals surface area contributed by atoms with E-state index in [0.717, 1.165) is 6.42 Å². The SMILES string of the molecule is CC1[CH-]C2(C)CC1(C)C1(C)C(=O)OC(=O)C21C.[Ru+]. The summed E-state index contributed by atoms with van der Waals surface area (Å²) in [5.74, 6) is -0.320. The number of hydrogen-bond acceptors (Lipinski definition) is 3. The molecular formula is C14H19O3Ru. The maximum atomic E-state index is 12.2. The number of rotatable bonds is 0. The van der Waals surface area contributed by atoms with Crippen molar-refractivity contribution in [3.8, 4) is 0 Å². The van der Waals surface area contributed by atoms with Gasteiger partial charge in [0, 0.05) is 0 Å². The van der Waals surface area contributed by atoms with E-state index in [1.807, 2.05) is 13.8 Å². The first-order valence-corrected chi connectivity index (χ1v) is 6.26. The molecule has 0 amide bonds. The molecule has 0 spiro atoms. The predicted molar refractivity (Wildman–Crippen MR) is 61.6 cm³/mol. The van der Waals surface area contributed by atoms with Gasteiger partial charge in [-0.05, 0) is 19.3 Å². The van der Waals surface area contributed by atoms with Gasteiger partial charge in [0.2, 0.25) is 0 Å². The van der Waals surface area contributed by atoms with E-state index in [-0.39, 0.29) is 42.2 Å². The fraction of sp³-hybridized carbons (Fsp3) is 0.786. The van der Waals surface area contributed by atoms with Crippen LogP contribution in [0.4, 0.5) is 0 Å². The van der Waals surface area contributed by atoms with Gasteiger partial charge in [0.15, 0.2) is 0 Å². The summed E-state index contributed by atoms with van der Waals surface area (Å²) in [7, 11) is 0. The molecular weight excluding hydrogens is 317 g/mol. The summed E-state index contributed by atoms with van der Waals surface area (Å²) in [4.78, 5) is 24.4. The zero-order chi connectivity index (χ0) is 12.9. The van der Waals surface area contributed by atoms with Gasteiger partial charge in [0.25, 0.3) is 0 Å². The Bertz CT molecular complexity index is 462. The van der Waals surface area contributed by atoms with Gasteiger partial charge < -0.3 is 11.2 Å². The van der Waals surface area contributed by atoms with Crippen molar-refractivity contribution < 1.29 is 33.8 Å². The molecule has 1 aliphatic heterocycles. The van der Waals surface area contributed by atoms with E-state index in [2.05, 4.69) is 27.2 Å². The number of ether oxygens (including phenoxy) is 1. The first-order chi connectivity index (χ1) is 7.63. The molecule has 3 fully saturated rings. The van der Waals surface area contributed by atoms with E-state index in [1.165, 1.54) is 0 Å². The van der Waals surface area contributed by atoms with Crippen LogP contribution in [-0.4, -0.2) is 11.9 Å². The largest absolute Gasteiger partial charge is 1.00 e. The number of hydrogen-bond donors (Lipinski definition) is 0. The first-order valence-electron chi connectivity index (χ1n) is 6.26. The molecule has 0 aromatic carbocycles. The van der Waals surface area contributed by atoms with Gasteiger partial charge in [-0.3, -0.25) is 9.59 Å². The van der Waals surface area contributed by atoms with Gasteiger partial charge in [-0.25, -0.2) is 0 Å². The number of carbonyl (C=O) groups excluding carboxylic acids is 2.